The Hall–Kier alpha value is -1.66. The normalized spacial score (nSPS) is 18.8. The molecule has 150 valence electrons. The zero-order valence-electron chi connectivity index (χ0n) is 17.5. The number of hydrogen-bond donors (Lipinski definition) is 0. The average Bonchev–Trinajstić information content (AvgIpc) is 2.57. The van der Waals surface area contributed by atoms with Crippen molar-refractivity contribution in [2.75, 3.05) is 6.61 Å². The van der Waals surface area contributed by atoms with Crippen molar-refractivity contribution in [1.82, 2.24) is 4.90 Å². The average molecular weight is 392 g/mol. The fraction of sp³-hybridized carbons (Fsp3) is 0.619. The first-order valence-corrected chi connectivity index (χ1v) is 12.5. The third-order valence-electron chi connectivity index (χ3n) is 5.64. The van der Waals surface area contributed by atoms with Gasteiger partial charge in [0, 0.05) is 25.9 Å². The summed E-state index contributed by atoms with van der Waals surface area (Å²) >= 11 is 0. The van der Waals surface area contributed by atoms with E-state index in [4.69, 9.17) is 9.16 Å². The van der Waals surface area contributed by atoms with Gasteiger partial charge in [0.15, 0.2) is 8.32 Å². The summed E-state index contributed by atoms with van der Waals surface area (Å²) in [5, 5.41) is 0.0701. The third kappa shape index (κ3) is 5.91. The van der Waals surface area contributed by atoms with Crippen molar-refractivity contribution >= 4 is 20.2 Å². The van der Waals surface area contributed by atoms with Gasteiger partial charge < -0.3 is 14.1 Å². The molecule has 1 aliphatic heterocycles. The van der Waals surface area contributed by atoms with Crippen LogP contribution in [0.4, 0.5) is 0 Å². The maximum absolute atomic E-state index is 12.1. The Morgan fingerprint density at radius 3 is 2.41 bits per heavy atom. The molecule has 6 heteroatoms. The minimum Gasteiger partial charge on any atom is -0.463 e. The second-order valence-electron chi connectivity index (χ2n) is 8.90. The maximum atomic E-state index is 12.1. The predicted molar refractivity (Wildman–Crippen MR) is 109 cm³/mol. The van der Waals surface area contributed by atoms with E-state index >= 15 is 0 Å². The molecule has 1 fully saturated rings. The number of ether oxygens (including phenoxy) is 1. The largest absolute Gasteiger partial charge is 0.463 e. The van der Waals surface area contributed by atoms with Crippen molar-refractivity contribution < 1.29 is 18.8 Å². The summed E-state index contributed by atoms with van der Waals surface area (Å²) in [6, 6.07) is 10.1. The Balaban J connectivity index is 2.04. The topological polar surface area (TPSA) is 55.8 Å². The first-order valence-electron chi connectivity index (χ1n) is 9.64. The number of amides is 1. The standard InChI is InChI=1S/C21H33NO4Si/c1-16(23)25-15-19(26-27(5,6)21(2,3)4)12-18-13-20(24)22(18)14-17-10-8-7-9-11-17/h7-11,18-19H,12-15H2,1-6H3/t18-,19+/m1/s1. The molecule has 0 N–H and O–H groups in total. The highest BCUT2D eigenvalue weighted by atomic mass is 28.4. The van der Waals surface area contributed by atoms with E-state index in [1.807, 2.05) is 35.2 Å². The molecule has 1 saturated heterocycles. The molecular formula is C21H33NO4Si. The SMILES string of the molecule is CC(=O)OC[C@H](C[C@@H]1CC(=O)N1Cc1ccccc1)O[Si](C)(C)C(C)(C)C. The number of hydrogen-bond acceptors (Lipinski definition) is 4. The minimum atomic E-state index is -2.00. The molecule has 2 rings (SSSR count). The molecule has 1 heterocycles. The molecule has 5 nitrogen and oxygen atoms in total. The van der Waals surface area contributed by atoms with Crippen LogP contribution in [0.2, 0.25) is 18.1 Å². The molecule has 1 aromatic carbocycles. The molecular weight excluding hydrogens is 358 g/mol. The maximum Gasteiger partial charge on any atom is 0.302 e. The lowest BCUT2D eigenvalue weighted by Gasteiger charge is -2.44. The molecule has 0 bridgehead atoms. The Bertz CT molecular complexity index is 654. The molecule has 1 amide bonds. The molecule has 0 aromatic heterocycles. The molecule has 0 radical (unpaired) electrons. The lowest BCUT2D eigenvalue weighted by atomic mass is 9.95. The molecule has 0 saturated carbocycles. The molecule has 0 unspecified atom stereocenters. The second-order valence-corrected chi connectivity index (χ2v) is 13.7. The van der Waals surface area contributed by atoms with Crippen LogP contribution in [-0.2, 0) is 25.3 Å². The van der Waals surface area contributed by atoms with Crippen molar-refractivity contribution in [3.63, 3.8) is 0 Å². The van der Waals surface area contributed by atoms with Crippen molar-refractivity contribution in [3.8, 4) is 0 Å². The van der Waals surface area contributed by atoms with E-state index in [-0.39, 0.29) is 35.7 Å². The monoisotopic (exact) mass is 391 g/mol. The number of carbonyl (C=O) groups is 2. The van der Waals surface area contributed by atoms with E-state index in [1.54, 1.807) is 0 Å². The number of β-lactam (4-membered cyclic amide) rings is 1. The van der Waals surface area contributed by atoms with Gasteiger partial charge in [-0.25, -0.2) is 0 Å². The molecule has 0 aliphatic carbocycles. The fourth-order valence-corrected chi connectivity index (χ4v) is 4.34. The zero-order chi connectivity index (χ0) is 20.2. The summed E-state index contributed by atoms with van der Waals surface area (Å²) in [6.45, 7) is 13.2. The van der Waals surface area contributed by atoms with Crippen molar-refractivity contribution in [1.29, 1.82) is 0 Å². The molecule has 1 aliphatic rings. The van der Waals surface area contributed by atoms with Crippen LogP contribution in [0, 0.1) is 0 Å². The predicted octanol–water partition coefficient (Wildman–Crippen LogP) is 4.13. The highest BCUT2D eigenvalue weighted by Crippen LogP contribution is 2.38. The van der Waals surface area contributed by atoms with Crippen LogP contribution in [0.3, 0.4) is 0 Å². The van der Waals surface area contributed by atoms with E-state index in [0.717, 1.165) is 5.56 Å². The minimum absolute atomic E-state index is 0.0701. The zero-order valence-corrected chi connectivity index (χ0v) is 18.5. The van der Waals surface area contributed by atoms with Gasteiger partial charge in [-0.15, -0.1) is 0 Å². The quantitative estimate of drug-likeness (QED) is 0.380. The molecule has 1 aromatic rings. The summed E-state index contributed by atoms with van der Waals surface area (Å²) in [7, 11) is -2.00. The lowest BCUT2D eigenvalue weighted by molar-refractivity contribution is -0.151. The van der Waals surface area contributed by atoms with Crippen LogP contribution in [-0.4, -0.2) is 43.8 Å². The van der Waals surface area contributed by atoms with Crippen molar-refractivity contribution in [3.05, 3.63) is 35.9 Å². The van der Waals surface area contributed by atoms with Crippen LogP contribution < -0.4 is 0 Å². The van der Waals surface area contributed by atoms with Gasteiger partial charge in [-0.05, 0) is 30.1 Å². The molecule has 2 atom stereocenters. The Labute approximate surface area is 164 Å². The van der Waals surface area contributed by atoms with Crippen LogP contribution in [0.15, 0.2) is 30.3 Å². The van der Waals surface area contributed by atoms with E-state index in [9.17, 15) is 9.59 Å². The van der Waals surface area contributed by atoms with E-state index in [0.29, 0.717) is 19.4 Å². The number of carbonyl (C=O) groups excluding carboxylic acids is 2. The summed E-state index contributed by atoms with van der Waals surface area (Å²) < 4.78 is 11.8. The van der Waals surface area contributed by atoms with Gasteiger partial charge >= 0.3 is 5.97 Å². The van der Waals surface area contributed by atoms with Crippen molar-refractivity contribution in [2.45, 2.75) is 77.4 Å². The Morgan fingerprint density at radius 2 is 1.89 bits per heavy atom. The number of benzene rings is 1. The van der Waals surface area contributed by atoms with E-state index < -0.39 is 8.32 Å². The van der Waals surface area contributed by atoms with Crippen LogP contribution in [0.1, 0.15) is 46.1 Å². The van der Waals surface area contributed by atoms with Gasteiger partial charge in [-0.3, -0.25) is 9.59 Å². The number of likely N-dealkylation sites (tertiary alicyclic amines) is 1. The summed E-state index contributed by atoms with van der Waals surface area (Å²) in [5.74, 6) is -0.132. The van der Waals surface area contributed by atoms with Gasteiger partial charge in [-0.1, -0.05) is 51.1 Å². The first kappa shape index (κ1) is 21.6. The number of esters is 1. The second kappa shape index (κ2) is 8.57. The van der Waals surface area contributed by atoms with Crippen LogP contribution in [0.25, 0.3) is 0 Å². The van der Waals surface area contributed by atoms with E-state index in [2.05, 4.69) is 33.9 Å². The van der Waals surface area contributed by atoms with Gasteiger partial charge in [0.2, 0.25) is 5.91 Å². The highest BCUT2D eigenvalue weighted by Gasteiger charge is 2.42. The fourth-order valence-electron chi connectivity index (χ4n) is 2.99. The number of nitrogens with zero attached hydrogens (tertiary/aromatic N) is 1. The molecule has 0 spiro atoms. The smallest absolute Gasteiger partial charge is 0.302 e. The Kier molecular flexibility index (Phi) is 6.86. The van der Waals surface area contributed by atoms with Crippen LogP contribution >= 0.6 is 0 Å². The third-order valence-corrected chi connectivity index (χ3v) is 10.2. The van der Waals surface area contributed by atoms with Gasteiger partial charge in [0.25, 0.3) is 0 Å². The first-order chi connectivity index (χ1) is 12.5. The van der Waals surface area contributed by atoms with Gasteiger partial charge in [0.1, 0.15) is 6.61 Å². The lowest BCUT2D eigenvalue weighted by Crippen LogP contribution is -2.55. The van der Waals surface area contributed by atoms with Crippen LogP contribution in [0.5, 0.6) is 0 Å². The molecule has 27 heavy (non-hydrogen) atoms. The summed E-state index contributed by atoms with van der Waals surface area (Å²) in [6.07, 6.45) is 1.04. The highest BCUT2D eigenvalue weighted by molar-refractivity contribution is 6.74. The van der Waals surface area contributed by atoms with Gasteiger partial charge in [-0.2, -0.15) is 0 Å². The Morgan fingerprint density at radius 1 is 1.26 bits per heavy atom. The number of rotatable bonds is 8. The summed E-state index contributed by atoms with van der Waals surface area (Å²) in [5.41, 5.74) is 1.12. The summed E-state index contributed by atoms with van der Waals surface area (Å²) in [4.78, 5) is 25.4. The van der Waals surface area contributed by atoms with Gasteiger partial charge in [0.05, 0.1) is 6.10 Å². The van der Waals surface area contributed by atoms with Crippen molar-refractivity contribution in [2.24, 2.45) is 0 Å². The van der Waals surface area contributed by atoms with E-state index in [1.165, 1.54) is 6.92 Å².